The van der Waals surface area contributed by atoms with Crippen LogP contribution in [0.5, 0.6) is 0 Å². The molecular weight excluding hydrogens is 361 g/mol. The Balaban J connectivity index is 0. The zero-order valence-corrected chi connectivity index (χ0v) is 17.1. The molecule has 0 aliphatic heterocycles. The van der Waals surface area contributed by atoms with Crippen molar-refractivity contribution in [2.75, 3.05) is 6.54 Å². The Kier molecular flexibility index (Phi) is 18.2. The summed E-state index contributed by atoms with van der Waals surface area (Å²) >= 11 is 0. The molecule has 0 aromatic heterocycles. The summed E-state index contributed by atoms with van der Waals surface area (Å²) in [6.45, 7) is 3.05. The van der Waals surface area contributed by atoms with Crippen LogP contribution < -0.4 is 5.73 Å². The molecule has 152 valence electrons. The minimum atomic E-state index is -4.46. The molecule has 0 saturated heterocycles. The van der Waals surface area contributed by atoms with Crippen LogP contribution in [0.15, 0.2) is 0 Å². The molecule has 0 aliphatic rings. The van der Waals surface area contributed by atoms with Crippen LogP contribution >= 0.6 is 0 Å². The van der Waals surface area contributed by atoms with Crippen LogP contribution in [0.2, 0.25) is 0 Å². The van der Waals surface area contributed by atoms with E-state index in [2.05, 4.69) is 6.92 Å². The van der Waals surface area contributed by atoms with E-state index in [4.69, 9.17) is 5.73 Å². The van der Waals surface area contributed by atoms with E-state index < -0.39 is 20.6 Å². The summed E-state index contributed by atoms with van der Waals surface area (Å²) in [7, 11) is -4.46. The third-order valence-electron chi connectivity index (χ3n) is 5.06. The second kappa shape index (κ2) is 16.5. The zero-order valence-electron chi connectivity index (χ0n) is 16.3. The number of carbonyl (C=O) groups is 1. The first-order valence-corrected chi connectivity index (χ1v) is 11.4. The standard InChI is InChI=1S/C19H39NO4S.Na.H/c1-3-4-5-6-7-8-9-10-11-12-13-14-15-16-18(21)19(2,17-20)25(22,23)24;;/h3-17,20H2,1-2H3,(H,22,23,24);;. The summed E-state index contributed by atoms with van der Waals surface area (Å²) in [6.07, 6.45) is 15.9. The summed E-state index contributed by atoms with van der Waals surface area (Å²) in [4.78, 5) is 12.0. The maximum absolute atomic E-state index is 12.0. The molecule has 0 aliphatic carbocycles. The van der Waals surface area contributed by atoms with Crippen LogP contribution in [-0.2, 0) is 14.9 Å². The van der Waals surface area contributed by atoms with Crippen LogP contribution in [0.4, 0.5) is 0 Å². The number of hydrogen-bond donors (Lipinski definition) is 2. The summed E-state index contributed by atoms with van der Waals surface area (Å²) in [5.41, 5.74) is 5.38. The Bertz CT molecular complexity index is 456. The van der Waals surface area contributed by atoms with Gasteiger partial charge < -0.3 is 5.73 Å². The van der Waals surface area contributed by atoms with E-state index in [0.29, 0.717) is 6.42 Å². The molecule has 0 radical (unpaired) electrons. The fourth-order valence-electron chi connectivity index (χ4n) is 2.93. The van der Waals surface area contributed by atoms with Gasteiger partial charge in [0.2, 0.25) is 0 Å². The summed E-state index contributed by atoms with van der Waals surface area (Å²) in [6, 6.07) is 0. The molecule has 0 amide bonds. The van der Waals surface area contributed by atoms with Crippen molar-refractivity contribution < 1.29 is 17.8 Å². The second-order valence-electron chi connectivity index (χ2n) is 7.33. The summed E-state index contributed by atoms with van der Waals surface area (Å²) in [5, 5.41) is 0. The van der Waals surface area contributed by atoms with Gasteiger partial charge in [0, 0.05) is 13.0 Å². The van der Waals surface area contributed by atoms with Crippen molar-refractivity contribution in [3.05, 3.63) is 0 Å². The predicted octanol–water partition coefficient (Wildman–Crippen LogP) is 3.99. The van der Waals surface area contributed by atoms with Crippen molar-refractivity contribution in [3.63, 3.8) is 0 Å². The van der Waals surface area contributed by atoms with Gasteiger partial charge in [0.25, 0.3) is 10.1 Å². The first kappa shape index (κ1) is 28.7. The molecule has 1 unspecified atom stereocenters. The molecule has 5 nitrogen and oxygen atoms in total. The number of Topliss-reactive ketones (excluding diaryl/α,β-unsaturated/α-hetero) is 1. The monoisotopic (exact) mass is 401 g/mol. The van der Waals surface area contributed by atoms with Crippen molar-refractivity contribution in [3.8, 4) is 0 Å². The quantitative estimate of drug-likeness (QED) is 0.218. The molecule has 0 fully saturated rings. The van der Waals surface area contributed by atoms with Gasteiger partial charge in [-0.15, -0.1) is 0 Å². The fraction of sp³-hybridized carbons (Fsp3) is 0.947. The van der Waals surface area contributed by atoms with E-state index in [9.17, 15) is 17.8 Å². The maximum atomic E-state index is 12.0. The average molecular weight is 402 g/mol. The van der Waals surface area contributed by atoms with E-state index in [-0.39, 0.29) is 42.5 Å². The van der Waals surface area contributed by atoms with Gasteiger partial charge in [-0.3, -0.25) is 9.35 Å². The molecule has 26 heavy (non-hydrogen) atoms. The Morgan fingerprint density at radius 2 is 1.19 bits per heavy atom. The van der Waals surface area contributed by atoms with Gasteiger partial charge in [0.1, 0.15) is 0 Å². The van der Waals surface area contributed by atoms with Crippen molar-refractivity contribution in [1.29, 1.82) is 0 Å². The SMILES string of the molecule is CCCCCCCCCCCCCCCC(=O)C(C)(CN)S(=O)(=O)O.[NaH]. The molecule has 7 heteroatoms. The van der Waals surface area contributed by atoms with Gasteiger partial charge in [0.15, 0.2) is 10.5 Å². The van der Waals surface area contributed by atoms with Crippen molar-refractivity contribution in [2.45, 2.75) is 108 Å². The van der Waals surface area contributed by atoms with Crippen molar-refractivity contribution >= 4 is 45.5 Å². The van der Waals surface area contributed by atoms with Crippen molar-refractivity contribution in [1.82, 2.24) is 0 Å². The van der Waals surface area contributed by atoms with Crippen LogP contribution in [0, 0.1) is 0 Å². The molecule has 0 saturated carbocycles. The van der Waals surface area contributed by atoms with Gasteiger partial charge in [-0.2, -0.15) is 8.42 Å². The second-order valence-corrected chi connectivity index (χ2v) is 9.18. The Morgan fingerprint density at radius 3 is 1.50 bits per heavy atom. The number of rotatable bonds is 17. The molecule has 1 atom stereocenters. The third-order valence-corrected chi connectivity index (χ3v) is 6.59. The predicted molar refractivity (Wildman–Crippen MR) is 111 cm³/mol. The first-order valence-electron chi connectivity index (χ1n) is 10.00. The number of carbonyl (C=O) groups excluding carboxylic acids is 1. The average Bonchev–Trinajstić information content (AvgIpc) is 2.56. The molecule has 0 heterocycles. The molecule has 3 N–H and O–H groups in total. The van der Waals surface area contributed by atoms with Crippen LogP contribution in [0.1, 0.15) is 104 Å². The molecule has 0 bridgehead atoms. The Morgan fingerprint density at radius 1 is 0.846 bits per heavy atom. The Hall–Kier alpha value is 0.540. The van der Waals surface area contributed by atoms with Crippen molar-refractivity contribution in [2.24, 2.45) is 5.73 Å². The van der Waals surface area contributed by atoms with Gasteiger partial charge in [-0.25, -0.2) is 0 Å². The third kappa shape index (κ3) is 12.1. The molecule has 0 spiro atoms. The van der Waals surface area contributed by atoms with Crippen LogP contribution in [0.3, 0.4) is 0 Å². The number of unbranched alkanes of at least 4 members (excludes halogenated alkanes) is 12. The van der Waals surface area contributed by atoms with Gasteiger partial charge in [-0.05, 0) is 13.3 Å². The fourth-order valence-corrected chi connectivity index (χ4v) is 3.53. The molecular formula is C19H40NNaO4S. The van der Waals surface area contributed by atoms with E-state index >= 15 is 0 Å². The first-order chi connectivity index (χ1) is 11.8. The van der Waals surface area contributed by atoms with Gasteiger partial charge >= 0.3 is 29.6 Å². The van der Waals surface area contributed by atoms with Crippen LogP contribution in [0.25, 0.3) is 0 Å². The minimum absolute atomic E-state index is 0. The summed E-state index contributed by atoms with van der Waals surface area (Å²) in [5.74, 6) is -0.486. The molecule has 0 aromatic carbocycles. The zero-order chi connectivity index (χ0) is 19.2. The number of ketones is 1. The Labute approximate surface area is 183 Å². The molecule has 0 aromatic rings. The topological polar surface area (TPSA) is 97.5 Å². The number of hydrogen-bond acceptors (Lipinski definition) is 4. The van der Waals surface area contributed by atoms with E-state index in [1.54, 1.807) is 0 Å². The van der Waals surface area contributed by atoms with E-state index in [1.165, 1.54) is 64.7 Å². The summed E-state index contributed by atoms with van der Waals surface area (Å²) < 4.78 is 30.0. The van der Waals surface area contributed by atoms with Gasteiger partial charge in [-0.1, -0.05) is 84.0 Å². The van der Waals surface area contributed by atoms with E-state index in [1.807, 2.05) is 0 Å². The van der Waals surface area contributed by atoms with E-state index in [0.717, 1.165) is 19.3 Å². The van der Waals surface area contributed by atoms with Gasteiger partial charge in [0.05, 0.1) is 0 Å². The number of nitrogens with two attached hydrogens (primary N) is 1. The molecule has 0 rings (SSSR count). The normalized spacial score (nSPS) is 13.8. The van der Waals surface area contributed by atoms with Crippen LogP contribution in [-0.4, -0.2) is 59.6 Å².